The topological polar surface area (TPSA) is 58.2 Å². The Kier molecular flexibility index (Phi) is 3.54. The van der Waals surface area contributed by atoms with Gasteiger partial charge in [0, 0.05) is 18.0 Å². The largest absolute Gasteiger partial charge is 0.369 e. The Morgan fingerprint density at radius 2 is 2.47 bits per heavy atom. The van der Waals surface area contributed by atoms with E-state index in [2.05, 4.69) is 16.3 Å². The van der Waals surface area contributed by atoms with Crippen molar-refractivity contribution in [2.24, 2.45) is 0 Å². The quantitative estimate of drug-likeness (QED) is 0.922. The number of nitrogens with one attached hydrogen (secondary N) is 1. The van der Waals surface area contributed by atoms with Crippen molar-refractivity contribution < 1.29 is 4.74 Å². The van der Waals surface area contributed by atoms with Crippen LogP contribution in [0.3, 0.4) is 0 Å². The predicted octanol–water partition coefficient (Wildman–Crippen LogP) is 2.06. The number of thiophene rings is 1. The van der Waals surface area contributed by atoms with Crippen LogP contribution in [-0.2, 0) is 4.74 Å². The molecule has 3 heterocycles. The highest BCUT2D eigenvalue weighted by atomic mass is 35.5. The highest BCUT2D eigenvalue weighted by Gasteiger charge is 2.24. The summed E-state index contributed by atoms with van der Waals surface area (Å²) in [6, 6.07) is 4.06. The molecule has 19 heavy (non-hydrogen) atoms. The molecule has 100 valence electrons. The summed E-state index contributed by atoms with van der Waals surface area (Å²) < 4.78 is 5.76. The van der Waals surface area contributed by atoms with Gasteiger partial charge in [0.1, 0.15) is 11.1 Å². The van der Waals surface area contributed by atoms with Crippen LogP contribution < -0.4 is 10.5 Å². The molecule has 0 aliphatic carbocycles. The maximum Gasteiger partial charge on any atom is 0.285 e. The summed E-state index contributed by atoms with van der Waals surface area (Å²) in [5.74, 6) is 0. The van der Waals surface area contributed by atoms with Crippen molar-refractivity contribution in [2.75, 3.05) is 24.6 Å². The molecule has 1 atom stereocenters. The molecule has 5 nitrogen and oxygen atoms in total. The number of hydrogen-bond acceptors (Lipinski definition) is 5. The first-order valence-corrected chi connectivity index (χ1v) is 7.14. The van der Waals surface area contributed by atoms with Crippen molar-refractivity contribution in [2.45, 2.75) is 6.10 Å². The Balaban J connectivity index is 1.86. The zero-order valence-corrected chi connectivity index (χ0v) is 11.6. The number of rotatable bonds is 2. The monoisotopic (exact) mass is 297 g/mol. The fourth-order valence-electron chi connectivity index (χ4n) is 2.11. The van der Waals surface area contributed by atoms with E-state index in [4.69, 9.17) is 16.3 Å². The van der Waals surface area contributed by atoms with Gasteiger partial charge in [0.05, 0.1) is 18.5 Å². The summed E-state index contributed by atoms with van der Waals surface area (Å²) in [5.41, 5.74) is 0.300. The van der Waals surface area contributed by atoms with Gasteiger partial charge in [-0.1, -0.05) is 17.7 Å². The van der Waals surface area contributed by atoms with Crippen molar-refractivity contribution >= 4 is 28.6 Å². The van der Waals surface area contributed by atoms with Gasteiger partial charge in [0.25, 0.3) is 5.56 Å². The molecule has 0 saturated carbocycles. The summed E-state index contributed by atoms with van der Waals surface area (Å²) >= 11 is 7.70. The van der Waals surface area contributed by atoms with E-state index in [0.717, 1.165) is 0 Å². The van der Waals surface area contributed by atoms with E-state index < -0.39 is 0 Å². The second-order valence-electron chi connectivity index (χ2n) is 4.22. The van der Waals surface area contributed by atoms with Gasteiger partial charge in [-0.15, -0.1) is 11.3 Å². The van der Waals surface area contributed by atoms with Gasteiger partial charge in [0.15, 0.2) is 0 Å². The Labute approximate surface area is 118 Å². The summed E-state index contributed by atoms with van der Waals surface area (Å²) in [7, 11) is 0. The molecule has 0 bridgehead atoms. The van der Waals surface area contributed by atoms with Gasteiger partial charge in [-0.2, -0.15) is 5.10 Å². The highest BCUT2D eigenvalue weighted by Crippen LogP contribution is 2.30. The van der Waals surface area contributed by atoms with E-state index in [1.807, 2.05) is 16.3 Å². The zero-order valence-electron chi connectivity index (χ0n) is 10.0. The van der Waals surface area contributed by atoms with Gasteiger partial charge in [-0.05, 0) is 11.4 Å². The average molecular weight is 298 g/mol. The number of H-pyrrole nitrogens is 1. The molecule has 1 saturated heterocycles. The number of morpholine rings is 1. The van der Waals surface area contributed by atoms with Crippen molar-refractivity contribution in [1.29, 1.82) is 0 Å². The molecule has 1 unspecified atom stereocenters. The number of anilines is 1. The minimum atomic E-state index is -0.363. The Bertz CT molecular complexity index is 614. The van der Waals surface area contributed by atoms with Crippen LogP contribution in [0, 0.1) is 0 Å². The first kappa shape index (κ1) is 12.7. The number of aromatic nitrogens is 2. The number of nitrogens with zero attached hydrogens (tertiary/aromatic N) is 2. The Morgan fingerprint density at radius 3 is 3.26 bits per heavy atom. The van der Waals surface area contributed by atoms with Crippen molar-refractivity contribution in [3.8, 4) is 0 Å². The van der Waals surface area contributed by atoms with E-state index in [1.165, 1.54) is 4.88 Å². The van der Waals surface area contributed by atoms with Crippen LogP contribution in [0.15, 0.2) is 28.5 Å². The molecule has 0 spiro atoms. The molecule has 1 aliphatic heterocycles. The van der Waals surface area contributed by atoms with Crippen molar-refractivity contribution in [3.63, 3.8) is 0 Å². The first-order valence-electron chi connectivity index (χ1n) is 5.89. The third-order valence-corrected chi connectivity index (χ3v) is 4.37. The van der Waals surface area contributed by atoms with Crippen LogP contribution >= 0.6 is 22.9 Å². The van der Waals surface area contributed by atoms with Gasteiger partial charge >= 0.3 is 0 Å². The van der Waals surface area contributed by atoms with Crippen molar-refractivity contribution in [1.82, 2.24) is 10.2 Å². The summed E-state index contributed by atoms with van der Waals surface area (Å²) in [6.45, 7) is 1.98. The lowest BCUT2D eigenvalue weighted by atomic mass is 10.2. The van der Waals surface area contributed by atoms with E-state index in [1.54, 1.807) is 17.5 Å². The molecule has 1 fully saturated rings. The fraction of sp³-hybridized carbons (Fsp3) is 0.333. The number of aromatic amines is 1. The minimum Gasteiger partial charge on any atom is -0.369 e. The minimum absolute atomic E-state index is 0.0177. The van der Waals surface area contributed by atoms with Crippen LogP contribution in [-0.4, -0.2) is 29.9 Å². The third kappa shape index (κ3) is 2.51. The smallest absolute Gasteiger partial charge is 0.285 e. The lowest BCUT2D eigenvalue weighted by Crippen LogP contribution is -2.39. The predicted molar refractivity (Wildman–Crippen MR) is 75.1 cm³/mol. The second kappa shape index (κ2) is 5.32. The molecular weight excluding hydrogens is 286 g/mol. The van der Waals surface area contributed by atoms with Crippen LogP contribution in [0.2, 0.25) is 5.02 Å². The lowest BCUT2D eigenvalue weighted by molar-refractivity contribution is 0.0421. The normalized spacial score (nSPS) is 19.6. The summed E-state index contributed by atoms with van der Waals surface area (Å²) in [5, 5.41) is 8.34. The first-order chi connectivity index (χ1) is 9.25. The standard InChI is InChI=1S/C12H12ClN3O2S/c13-11-8(6-14-15-12(11)17)16-3-4-18-9(7-16)10-2-1-5-19-10/h1-2,5-6,9H,3-4,7H2,(H,15,17). The third-order valence-electron chi connectivity index (χ3n) is 3.04. The van der Waals surface area contributed by atoms with Gasteiger partial charge in [-0.25, -0.2) is 5.10 Å². The fourth-order valence-corrected chi connectivity index (χ4v) is 3.09. The Morgan fingerprint density at radius 1 is 1.58 bits per heavy atom. The molecule has 1 aliphatic rings. The van der Waals surface area contributed by atoms with Crippen LogP contribution in [0.25, 0.3) is 0 Å². The molecule has 0 aromatic carbocycles. The molecule has 3 rings (SSSR count). The number of hydrogen-bond donors (Lipinski definition) is 1. The second-order valence-corrected chi connectivity index (χ2v) is 5.58. The average Bonchev–Trinajstić information content (AvgIpc) is 2.96. The van der Waals surface area contributed by atoms with Crippen molar-refractivity contribution in [3.05, 3.63) is 44.0 Å². The number of halogens is 1. The van der Waals surface area contributed by atoms with Crippen LogP contribution in [0.4, 0.5) is 5.69 Å². The zero-order chi connectivity index (χ0) is 13.2. The molecule has 1 N–H and O–H groups in total. The van der Waals surface area contributed by atoms with Crippen LogP contribution in [0.1, 0.15) is 11.0 Å². The summed E-state index contributed by atoms with van der Waals surface area (Å²) in [4.78, 5) is 14.7. The van der Waals surface area contributed by atoms with E-state index >= 15 is 0 Å². The molecule has 7 heteroatoms. The number of ether oxygens (including phenoxy) is 1. The lowest BCUT2D eigenvalue weighted by Gasteiger charge is -2.34. The van der Waals surface area contributed by atoms with E-state index in [0.29, 0.717) is 25.4 Å². The maximum atomic E-state index is 11.5. The van der Waals surface area contributed by atoms with Gasteiger partial charge in [-0.3, -0.25) is 4.79 Å². The molecule has 2 aromatic rings. The molecular formula is C12H12ClN3O2S. The van der Waals surface area contributed by atoms with Crippen LogP contribution in [0.5, 0.6) is 0 Å². The molecule has 2 aromatic heterocycles. The SMILES string of the molecule is O=c1[nH]ncc(N2CCOC(c3cccs3)C2)c1Cl. The van der Waals surface area contributed by atoms with Gasteiger partial charge in [0.2, 0.25) is 0 Å². The molecule has 0 amide bonds. The highest BCUT2D eigenvalue weighted by molar-refractivity contribution is 7.10. The summed E-state index contributed by atoms with van der Waals surface area (Å²) in [6.07, 6.45) is 1.60. The maximum absolute atomic E-state index is 11.5. The van der Waals surface area contributed by atoms with Gasteiger partial charge < -0.3 is 9.64 Å². The van der Waals surface area contributed by atoms with E-state index in [9.17, 15) is 4.79 Å². The molecule has 0 radical (unpaired) electrons. The Hall–Kier alpha value is -1.37. The van der Waals surface area contributed by atoms with E-state index in [-0.39, 0.29) is 16.7 Å².